The van der Waals surface area contributed by atoms with E-state index >= 15 is 0 Å². The summed E-state index contributed by atoms with van der Waals surface area (Å²) in [5, 5.41) is 0. The Balaban J connectivity index is 2.13. The van der Waals surface area contributed by atoms with Gasteiger partial charge in [-0.05, 0) is 48.9 Å². The predicted octanol–water partition coefficient (Wildman–Crippen LogP) is 3.38. The van der Waals surface area contributed by atoms with Gasteiger partial charge in [-0.3, -0.25) is 9.12 Å². The van der Waals surface area contributed by atoms with E-state index in [2.05, 4.69) is 0 Å². The molecule has 10 heteroatoms. The summed E-state index contributed by atoms with van der Waals surface area (Å²) in [4.78, 5) is 16.3. The second-order valence-electron chi connectivity index (χ2n) is 6.51. The molecule has 160 valence electrons. The van der Waals surface area contributed by atoms with Crippen molar-refractivity contribution in [2.24, 2.45) is 0 Å². The van der Waals surface area contributed by atoms with Gasteiger partial charge >= 0.3 is 7.60 Å². The van der Waals surface area contributed by atoms with Gasteiger partial charge in [-0.15, -0.1) is 0 Å². The summed E-state index contributed by atoms with van der Waals surface area (Å²) >= 11 is 0. The molecule has 0 heterocycles. The van der Waals surface area contributed by atoms with E-state index in [0.717, 1.165) is 11.1 Å². The van der Waals surface area contributed by atoms with Crippen molar-refractivity contribution >= 4 is 17.7 Å². The van der Waals surface area contributed by atoms with Crippen LogP contribution in [0.15, 0.2) is 48.5 Å². The summed E-state index contributed by atoms with van der Waals surface area (Å²) < 4.78 is 54.2. The molecule has 0 aromatic heterocycles. The molecule has 0 radical (unpaired) electrons. The molecule has 1 unspecified atom stereocenters. The van der Waals surface area contributed by atoms with Crippen molar-refractivity contribution in [3.8, 4) is 11.5 Å². The van der Waals surface area contributed by atoms with Gasteiger partial charge in [0.2, 0.25) is 0 Å². The van der Waals surface area contributed by atoms with Gasteiger partial charge in [0.15, 0.2) is 4.99 Å². The molecule has 0 aliphatic heterocycles. The standard InChI is InChI=1S/C19H25O8PS/c1-26-14-13-16-8-3-5-11-18(16)27-17-10-4-2-7-15(17)9-6-12-19(28(20,21)22)29(23,24)25/h2-5,7-8,10-11,19H,6,9,12-14H2,1H3,(H2,20,21,22)(H,23,24,25). The van der Waals surface area contributed by atoms with Crippen LogP contribution in [0.4, 0.5) is 0 Å². The molecule has 8 nitrogen and oxygen atoms in total. The largest absolute Gasteiger partial charge is 0.457 e. The van der Waals surface area contributed by atoms with E-state index in [-0.39, 0.29) is 12.8 Å². The topological polar surface area (TPSA) is 130 Å². The fraction of sp³-hybridized carbons (Fsp3) is 0.368. The molecule has 0 saturated heterocycles. The average molecular weight is 444 g/mol. The van der Waals surface area contributed by atoms with Gasteiger partial charge < -0.3 is 19.3 Å². The number of methoxy groups -OCH3 is 1. The fourth-order valence-corrected chi connectivity index (χ4v) is 5.28. The van der Waals surface area contributed by atoms with E-state index in [0.29, 0.717) is 30.9 Å². The zero-order chi connectivity index (χ0) is 21.5. The van der Waals surface area contributed by atoms with Crippen LogP contribution in [0.2, 0.25) is 0 Å². The molecule has 3 N–H and O–H groups in total. The first-order valence-corrected chi connectivity index (χ1v) is 12.2. The summed E-state index contributed by atoms with van der Waals surface area (Å²) in [5.74, 6) is 1.24. The van der Waals surface area contributed by atoms with Crippen LogP contribution in [-0.2, 0) is 32.3 Å². The lowest BCUT2D eigenvalue weighted by molar-refractivity contribution is 0.201. The molecule has 0 spiro atoms. The Morgan fingerprint density at radius 1 is 0.966 bits per heavy atom. The summed E-state index contributed by atoms with van der Waals surface area (Å²) in [5.41, 5.74) is 1.73. The quantitative estimate of drug-likeness (QED) is 0.355. The van der Waals surface area contributed by atoms with E-state index in [1.165, 1.54) is 0 Å². The van der Waals surface area contributed by atoms with Gasteiger partial charge in [0.1, 0.15) is 11.5 Å². The van der Waals surface area contributed by atoms with E-state index < -0.39 is 22.7 Å². The molecule has 1 atom stereocenters. The smallest absolute Gasteiger partial charge is 0.346 e. The highest BCUT2D eigenvalue weighted by Gasteiger charge is 2.39. The van der Waals surface area contributed by atoms with Gasteiger partial charge in [-0.25, -0.2) is 0 Å². The highest BCUT2D eigenvalue weighted by Crippen LogP contribution is 2.46. The second kappa shape index (κ2) is 10.3. The Hall–Kier alpha value is -1.74. The lowest BCUT2D eigenvalue weighted by Crippen LogP contribution is -2.20. The predicted molar refractivity (Wildman–Crippen MR) is 109 cm³/mol. The summed E-state index contributed by atoms with van der Waals surface area (Å²) in [7, 11) is -8.22. The van der Waals surface area contributed by atoms with Crippen LogP contribution in [-0.4, -0.2) is 41.5 Å². The first-order valence-electron chi connectivity index (χ1n) is 8.97. The zero-order valence-electron chi connectivity index (χ0n) is 16.0. The lowest BCUT2D eigenvalue weighted by atomic mass is 10.1. The Kier molecular flexibility index (Phi) is 8.39. The van der Waals surface area contributed by atoms with E-state index in [9.17, 15) is 22.8 Å². The monoisotopic (exact) mass is 444 g/mol. The maximum Gasteiger partial charge on any atom is 0.346 e. The number of rotatable bonds is 11. The third-order valence-corrected chi connectivity index (χ3v) is 7.91. The number of hydrogen-bond acceptors (Lipinski definition) is 5. The minimum atomic E-state index is -4.98. The SMILES string of the molecule is COCCc1ccccc1Oc1ccccc1CCCC(P(=O)(O)O)S(=O)(=O)O. The molecule has 0 bridgehead atoms. The van der Waals surface area contributed by atoms with Gasteiger partial charge in [-0.2, -0.15) is 8.42 Å². The van der Waals surface area contributed by atoms with E-state index in [1.807, 2.05) is 24.3 Å². The summed E-state index contributed by atoms with van der Waals surface area (Å²) in [6.45, 7) is 0.543. The van der Waals surface area contributed by atoms with Crippen LogP contribution >= 0.6 is 7.60 Å². The molecule has 0 fully saturated rings. The number of ether oxygens (including phenoxy) is 2. The van der Waals surface area contributed by atoms with Crippen LogP contribution < -0.4 is 4.74 Å². The van der Waals surface area contributed by atoms with Crippen molar-refractivity contribution in [2.45, 2.75) is 30.7 Å². The molecule has 2 aromatic carbocycles. The lowest BCUT2D eigenvalue weighted by Gasteiger charge is -2.16. The minimum absolute atomic E-state index is 0.140. The number of aryl methyl sites for hydroxylation is 1. The van der Waals surface area contributed by atoms with Gasteiger partial charge in [0.25, 0.3) is 10.1 Å². The third-order valence-electron chi connectivity index (χ3n) is 4.36. The molecule has 2 aromatic rings. The fourth-order valence-electron chi connectivity index (χ4n) is 2.91. The van der Waals surface area contributed by atoms with Crippen molar-refractivity contribution in [1.29, 1.82) is 0 Å². The molecule has 0 aliphatic rings. The van der Waals surface area contributed by atoms with Crippen molar-refractivity contribution in [3.05, 3.63) is 59.7 Å². The maximum atomic E-state index is 11.4. The zero-order valence-corrected chi connectivity index (χ0v) is 17.7. The Morgan fingerprint density at radius 3 is 1.97 bits per heavy atom. The molecule has 0 aliphatic carbocycles. The van der Waals surface area contributed by atoms with E-state index in [4.69, 9.17) is 14.0 Å². The first-order chi connectivity index (χ1) is 13.6. The van der Waals surface area contributed by atoms with Crippen LogP contribution in [0.3, 0.4) is 0 Å². The normalized spacial score (nSPS) is 13.2. The Bertz CT molecular complexity index is 954. The molecular weight excluding hydrogens is 419 g/mol. The maximum absolute atomic E-state index is 11.4. The van der Waals surface area contributed by atoms with Gasteiger partial charge in [-0.1, -0.05) is 36.4 Å². The van der Waals surface area contributed by atoms with Gasteiger partial charge in [0, 0.05) is 7.11 Å². The van der Waals surface area contributed by atoms with Crippen LogP contribution in [0.5, 0.6) is 11.5 Å². The van der Waals surface area contributed by atoms with Crippen molar-refractivity contribution in [1.82, 2.24) is 0 Å². The number of para-hydroxylation sites is 2. The molecule has 0 saturated carbocycles. The van der Waals surface area contributed by atoms with Crippen LogP contribution in [0, 0.1) is 0 Å². The summed E-state index contributed by atoms with van der Waals surface area (Å²) in [6.07, 6.45) is 0.763. The minimum Gasteiger partial charge on any atom is -0.457 e. The summed E-state index contributed by atoms with van der Waals surface area (Å²) in [6, 6.07) is 14.7. The molecule has 2 rings (SSSR count). The second-order valence-corrected chi connectivity index (χ2v) is 10.3. The Labute approximate surface area is 170 Å². The average Bonchev–Trinajstić information content (AvgIpc) is 2.63. The highest BCUT2D eigenvalue weighted by molar-refractivity contribution is 7.93. The first kappa shape index (κ1) is 23.5. The van der Waals surface area contributed by atoms with Crippen LogP contribution in [0.1, 0.15) is 24.0 Å². The van der Waals surface area contributed by atoms with Gasteiger partial charge in [0.05, 0.1) is 6.61 Å². The van der Waals surface area contributed by atoms with Crippen molar-refractivity contribution in [2.75, 3.05) is 13.7 Å². The van der Waals surface area contributed by atoms with Crippen LogP contribution in [0.25, 0.3) is 0 Å². The molecule has 0 amide bonds. The molecular formula is C19H25O8PS. The third kappa shape index (κ3) is 7.22. The van der Waals surface area contributed by atoms with Crippen molar-refractivity contribution in [3.63, 3.8) is 0 Å². The Morgan fingerprint density at radius 2 is 1.48 bits per heavy atom. The number of benzene rings is 2. The van der Waals surface area contributed by atoms with E-state index in [1.54, 1.807) is 31.4 Å². The van der Waals surface area contributed by atoms with Crippen molar-refractivity contribution < 1.29 is 36.8 Å². The molecule has 29 heavy (non-hydrogen) atoms. The highest BCUT2D eigenvalue weighted by atomic mass is 32.2. The number of hydrogen-bond donors (Lipinski definition) is 3.